The largest absolute Gasteiger partial charge is 0.347 e. The van der Waals surface area contributed by atoms with Crippen molar-refractivity contribution in [1.29, 1.82) is 0 Å². The Bertz CT molecular complexity index is 485. The summed E-state index contributed by atoms with van der Waals surface area (Å²) in [6.45, 7) is 3.04. The Balaban J connectivity index is 2.48. The smallest absolute Gasteiger partial charge is 0.0483 e. The second kappa shape index (κ2) is 3.59. The van der Waals surface area contributed by atoms with Crippen LogP contribution in [0.15, 0.2) is 30.5 Å². The van der Waals surface area contributed by atoms with Gasteiger partial charge in [0, 0.05) is 30.1 Å². The maximum Gasteiger partial charge on any atom is 0.0483 e. The van der Waals surface area contributed by atoms with Crippen molar-refractivity contribution in [3.05, 3.63) is 36.0 Å². The predicted molar refractivity (Wildman–Crippen MR) is 60.1 cm³/mol. The first-order valence-electron chi connectivity index (χ1n) is 4.81. The third kappa shape index (κ3) is 1.40. The third-order valence-corrected chi connectivity index (χ3v) is 2.53. The van der Waals surface area contributed by atoms with Gasteiger partial charge in [-0.15, -0.1) is 12.3 Å². The fourth-order valence-electron chi connectivity index (χ4n) is 1.76. The minimum Gasteiger partial charge on any atom is -0.347 e. The van der Waals surface area contributed by atoms with Crippen molar-refractivity contribution >= 4 is 10.9 Å². The molecule has 2 rings (SSSR count). The van der Waals surface area contributed by atoms with Gasteiger partial charge in [-0.2, -0.15) is 0 Å². The van der Waals surface area contributed by atoms with Crippen LogP contribution >= 0.6 is 0 Å². The number of nitrogens with zero attached hydrogens (tertiary/aromatic N) is 1. The van der Waals surface area contributed by atoms with Crippen molar-refractivity contribution in [1.82, 2.24) is 4.57 Å². The van der Waals surface area contributed by atoms with Crippen LogP contribution in [0.1, 0.15) is 12.0 Å². The van der Waals surface area contributed by atoms with Crippen molar-refractivity contribution in [3.8, 4) is 12.3 Å². The van der Waals surface area contributed by atoms with Crippen LogP contribution in [-0.2, 0) is 6.54 Å². The summed E-state index contributed by atoms with van der Waals surface area (Å²) < 4.78 is 2.21. The van der Waals surface area contributed by atoms with Crippen LogP contribution in [0.3, 0.4) is 0 Å². The molecule has 14 heavy (non-hydrogen) atoms. The highest BCUT2D eigenvalue weighted by atomic mass is 14.9. The summed E-state index contributed by atoms with van der Waals surface area (Å²) in [6.07, 6.45) is 8.15. The number of fused-ring (bicyclic) bond motifs is 1. The fraction of sp³-hybridized carbons (Fsp3) is 0.231. The highest BCUT2D eigenvalue weighted by Crippen LogP contribution is 2.19. The molecule has 0 unspecified atom stereocenters. The molecule has 0 aliphatic carbocycles. The zero-order chi connectivity index (χ0) is 9.97. The number of hydrogen-bond donors (Lipinski definition) is 0. The third-order valence-electron chi connectivity index (χ3n) is 2.53. The van der Waals surface area contributed by atoms with Crippen LogP contribution in [0, 0.1) is 19.3 Å². The lowest BCUT2D eigenvalue weighted by atomic mass is 10.1. The number of benzene rings is 1. The molecule has 0 amide bonds. The first-order valence-corrected chi connectivity index (χ1v) is 4.81. The molecule has 0 saturated heterocycles. The van der Waals surface area contributed by atoms with Crippen LogP contribution in [-0.4, -0.2) is 4.57 Å². The van der Waals surface area contributed by atoms with Gasteiger partial charge in [0.25, 0.3) is 0 Å². The van der Waals surface area contributed by atoms with E-state index in [-0.39, 0.29) is 0 Å². The van der Waals surface area contributed by atoms with Gasteiger partial charge < -0.3 is 4.57 Å². The van der Waals surface area contributed by atoms with Gasteiger partial charge in [0.1, 0.15) is 0 Å². The highest BCUT2D eigenvalue weighted by molar-refractivity contribution is 5.83. The van der Waals surface area contributed by atoms with Gasteiger partial charge in [0.05, 0.1) is 0 Å². The number of terminal acetylenes is 1. The minimum atomic E-state index is 0.789. The van der Waals surface area contributed by atoms with E-state index in [1.54, 1.807) is 0 Å². The Labute approximate surface area is 84.4 Å². The van der Waals surface area contributed by atoms with Crippen LogP contribution in [0.5, 0.6) is 0 Å². The van der Waals surface area contributed by atoms with Gasteiger partial charge in [-0.05, 0) is 24.6 Å². The number of aromatic nitrogens is 1. The van der Waals surface area contributed by atoms with Crippen molar-refractivity contribution in [2.24, 2.45) is 0 Å². The Hall–Kier alpha value is -1.68. The van der Waals surface area contributed by atoms with Gasteiger partial charge in [0.2, 0.25) is 0 Å². The summed E-state index contributed by atoms with van der Waals surface area (Å²) in [5, 5.41) is 1.32. The fourth-order valence-corrected chi connectivity index (χ4v) is 1.76. The molecule has 0 spiro atoms. The van der Waals surface area contributed by atoms with Gasteiger partial charge in [-0.1, -0.05) is 12.1 Å². The molecule has 0 aliphatic heterocycles. The standard InChI is InChI=1S/C13H13N/c1-3-4-9-14-10-8-12-11(2)6-5-7-13(12)14/h1,5-8,10H,4,9H2,2H3. The van der Waals surface area contributed by atoms with Crippen molar-refractivity contribution in [2.75, 3.05) is 0 Å². The Morgan fingerprint density at radius 2 is 2.21 bits per heavy atom. The molecule has 1 heterocycles. The molecular weight excluding hydrogens is 170 g/mol. The second-order valence-corrected chi connectivity index (χ2v) is 3.47. The Morgan fingerprint density at radius 3 is 3.00 bits per heavy atom. The molecule has 2 aromatic rings. The summed E-state index contributed by atoms with van der Waals surface area (Å²) in [4.78, 5) is 0. The van der Waals surface area contributed by atoms with E-state index < -0.39 is 0 Å². The van der Waals surface area contributed by atoms with Crippen molar-refractivity contribution < 1.29 is 0 Å². The number of rotatable bonds is 2. The summed E-state index contributed by atoms with van der Waals surface area (Å²) >= 11 is 0. The van der Waals surface area contributed by atoms with E-state index in [1.165, 1.54) is 16.5 Å². The quantitative estimate of drug-likeness (QED) is 0.631. The summed E-state index contributed by atoms with van der Waals surface area (Å²) in [6, 6.07) is 8.51. The molecule has 0 fully saturated rings. The lowest BCUT2D eigenvalue weighted by Gasteiger charge is -2.02. The molecule has 1 aromatic heterocycles. The lowest BCUT2D eigenvalue weighted by molar-refractivity contribution is 0.749. The van der Waals surface area contributed by atoms with E-state index in [9.17, 15) is 0 Å². The molecular formula is C13H13N. The zero-order valence-electron chi connectivity index (χ0n) is 8.33. The normalized spacial score (nSPS) is 10.3. The predicted octanol–water partition coefficient (Wildman–Crippen LogP) is 2.97. The van der Waals surface area contributed by atoms with Crippen LogP contribution in [0.2, 0.25) is 0 Å². The topological polar surface area (TPSA) is 4.93 Å². The average molecular weight is 183 g/mol. The first-order chi connectivity index (χ1) is 6.83. The average Bonchev–Trinajstić information content (AvgIpc) is 2.60. The summed E-state index contributed by atoms with van der Waals surface area (Å²) in [5.41, 5.74) is 2.60. The lowest BCUT2D eigenvalue weighted by Crippen LogP contribution is -1.94. The molecule has 0 aliphatic rings. The van der Waals surface area contributed by atoms with E-state index in [4.69, 9.17) is 6.42 Å². The molecule has 1 aromatic carbocycles. The SMILES string of the molecule is C#CCCn1ccc2c(C)cccc21. The first kappa shape index (κ1) is 8.90. The molecule has 1 heteroatoms. The van der Waals surface area contributed by atoms with Gasteiger partial charge in [-0.3, -0.25) is 0 Å². The van der Waals surface area contributed by atoms with E-state index in [0.717, 1.165) is 13.0 Å². The van der Waals surface area contributed by atoms with E-state index >= 15 is 0 Å². The number of hydrogen-bond acceptors (Lipinski definition) is 0. The van der Waals surface area contributed by atoms with Crippen molar-refractivity contribution in [2.45, 2.75) is 19.9 Å². The molecule has 0 atom stereocenters. The van der Waals surface area contributed by atoms with Gasteiger partial charge >= 0.3 is 0 Å². The monoisotopic (exact) mass is 183 g/mol. The minimum absolute atomic E-state index is 0.789. The van der Waals surface area contributed by atoms with Crippen LogP contribution in [0.25, 0.3) is 10.9 Å². The van der Waals surface area contributed by atoms with E-state index in [1.807, 2.05) is 0 Å². The summed E-state index contributed by atoms with van der Waals surface area (Å²) in [7, 11) is 0. The molecule has 1 nitrogen and oxygen atoms in total. The van der Waals surface area contributed by atoms with Gasteiger partial charge in [0.15, 0.2) is 0 Å². The maximum atomic E-state index is 5.26. The van der Waals surface area contributed by atoms with E-state index in [0.29, 0.717) is 0 Å². The molecule has 0 saturated carbocycles. The van der Waals surface area contributed by atoms with Gasteiger partial charge in [-0.25, -0.2) is 0 Å². The molecule has 0 N–H and O–H groups in total. The molecule has 70 valence electrons. The Kier molecular flexibility index (Phi) is 2.28. The zero-order valence-corrected chi connectivity index (χ0v) is 8.33. The highest BCUT2D eigenvalue weighted by Gasteiger charge is 2.01. The Morgan fingerprint density at radius 1 is 1.36 bits per heavy atom. The number of aryl methyl sites for hydroxylation is 2. The second-order valence-electron chi connectivity index (χ2n) is 3.47. The summed E-state index contributed by atoms with van der Waals surface area (Å²) in [5.74, 6) is 2.66. The maximum absolute atomic E-state index is 5.26. The van der Waals surface area contributed by atoms with E-state index in [2.05, 4.69) is 47.9 Å². The van der Waals surface area contributed by atoms with Crippen LogP contribution in [0.4, 0.5) is 0 Å². The van der Waals surface area contributed by atoms with Crippen molar-refractivity contribution in [3.63, 3.8) is 0 Å². The molecule has 0 bridgehead atoms. The van der Waals surface area contributed by atoms with Crippen LogP contribution < -0.4 is 0 Å². The molecule has 0 radical (unpaired) electrons.